The molecule has 0 radical (unpaired) electrons. The largest absolute Gasteiger partial charge is 0.329 e. The van der Waals surface area contributed by atoms with Gasteiger partial charge in [-0.15, -0.1) is 0 Å². The molecule has 0 aromatic heterocycles. The second-order valence-electron chi connectivity index (χ2n) is 5.43. The Hall–Kier alpha value is -0.0800. The van der Waals surface area contributed by atoms with Gasteiger partial charge in [0.15, 0.2) is 0 Å². The fourth-order valence-corrected chi connectivity index (χ4v) is 2.59. The lowest BCUT2D eigenvalue weighted by molar-refractivity contribution is 0.0744. The molecule has 1 fully saturated rings. The standard InChI is InChI=1S/C13H28N2/c1-5-12(6-2)15(4)13(3,10-14)9-11-7-8-11/h11-12H,5-10,14H2,1-4H3. The van der Waals surface area contributed by atoms with Crippen molar-refractivity contribution in [2.45, 2.75) is 64.5 Å². The van der Waals surface area contributed by atoms with Crippen LogP contribution in [0.4, 0.5) is 0 Å². The van der Waals surface area contributed by atoms with E-state index in [1.807, 2.05) is 0 Å². The summed E-state index contributed by atoms with van der Waals surface area (Å²) in [6.45, 7) is 7.68. The topological polar surface area (TPSA) is 29.3 Å². The van der Waals surface area contributed by atoms with Gasteiger partial charge < -0.3 is 5.73 Å². The van der Waals surface area contributed by atoms with Gasteiger partial charge in [-0.05, 0) is 39.2 Å². The summed E-state index contributed by atoms with van der Waals surface area (Å²) in [5.74, 6) is 0.954. The zero-order chi connectivity index (χ0) is 11.5. The van der Waals surface area contributed by atoms with Gasteiger partial charge >= 0.3 is 0 Å². The van der Waals surface area contributed by atoms with Crippen molar-refractivity contribution in [3.8, 4) is 0 Å². The molecule has 1 atom stereocenters. The van der Waals surface area contributed by atoms with Crippen LogP contribution in [0, 0.1) is 5.92 Å². The minimum Gasteiger partial charge on any atom is -0.329 e. The average molecular weight is 212 g/mol. The van der Waals surface area contributed by atoms with Gasteiger partial charge in [-0.3, -0.25) is 4.90 Å². The molecule has 2 heteroatoms. The van der Waals surface area contributed by atoms with Gasteiger partial charge in [-0.1, -0.05) is 26.7 Å². The molecule has 1 unspecified atom stereocenters. The first-order valence-electron chi connectivity index (χ1n) is 6.50. The molecule has 2 nitrogen and oxygen atoms in total. The molecule has 0 amide bonds. The number of likely N-dealkylation sites (N-methyl/N-ethyl adjacent to an activating group) is 1. The monoisotopic (exact) mass is 212 g/mol. The van der Waals surface area contributed by atoms with E-state index in [0.29, 0.717) is 6.04 Å². The maximum atomic E-state index is 5.99. The summed E-state index contributed by atoms with van der Waals surface area (Å²) in [4.78, 5) is 2.53. The van der Waals surface area contributed by atoms with E-state index >= 15 is 0 Å². The first-order valence-corrected chi connectivity index (χ1v) is 6.50. The maximum Gasteiger partial charge on any atom is 0.0306 e. The van der Waals surface area contributed by atoms with Crippen molar-refractivity contribution >= 4 is 0 Å². The predicted octanol–water partition coefficient (Wildman–Crippen LogP) is 2.62. The normalized spacial score (nSPS) is 21.0. The van der Waals surface area contributed by atoms with Crippen LogP contribution in [0.15, 0.2) is 0 Å². The van der Waals surface area contributed by atoms with Gasteiger partial charge in [0, 0.05) is 18.1 Å². The molecule has 0 bridgehead atoms. The van der Waals surface area contributed by atoms with Crippen molar-refractivity contribution < 1.29 is 0 Å². The zero-order valence-electron chi connectivity index (χ0n) is 10.9. The molecule has 0 aromatic carbocycles. The second-order valence-corrected chi connectivity index (χ2v) is 5.43. The lowest BCUT2D eigenvalue weighted by Crippen LogP contribution is -2.54. The van der Waals surface area contributed by atoms with E-state index in [2.05, 4.69) is 32.7 Å². The van der Waals surface area contributed by atoms with Crippen LogP contribution in [0.5, 0.6) is 0 Å². The van der Waals surface area contributed by atoms with Gasteiger partial charge in [0.25, 0.3) is 0 Å². The summed E-state index contributed by atoms with van der Waals surface area (Å²) in [5.41, 5.74) is 6.21. The Morgan fingerprint density at radius 1 is 1.33 bits per heavy atom. The van der Waals surface area contributed by atoms with Crippen molar-refractivity contribution in [2.75, 3.05) is 13.6 Å². The molecule has 0 spiro atoms. The van der Waals surface area contributed by atoms with E-state index in [-0.39, 0.29) is 5.54 Å². The third-order valence-corrected chi connectivity index (χ3v) is 4.21. The SMILES string of the molecule is CCC(CC)N(C)C(C)(CN)CC1CC1. The van der Waals surface area contributed by atoms with Gasteiger partial charge in [0.05, 0.1) is 0 Å². The van der Waals surface area contributed by atoms with Crippen LogP contribution in [0.2, 0.25) is 0 Å². The molecule has 0 aromatic rings. The smallest absolute Gasteiger partial charge is 0.0306 e. The summed E-state index contributed by atoms with van der Waals surface area (Å²) in [7, 11) is 2.26. The minimum absolute atomic E-state index is 0.220. The fraction of sp³-hybridized carbons (Fsp3) is 1.00. The minimum atomic E-state index is 0.220. The third-order valence-electron chi connectivity index (χ3n) is 4.21. The quantitative estimate of drug-likeness (QED) is 0.703. The van der Waals surface area contributed by atoms with Crippen LogP contribution in [-0.2, 0) is 0 Å². The van der Waals surface area contributed by atoms with Gasteiger partial charge in [0.1, 0.15) is 0 Å². The van der Waals surface area contributed by atoms with E-state index in [1.165, 1.54) is 32.1 Å². The fourth-order valence-electron chi connectivity index (χ4n) is 2.59. The first-order chi connectivity index (χ1) is 7.07. The van der Waals surface area contributed by atoms with Gasteiger partial charge in [-0.2, -0.15) is 0 Å². The number of hydrogen-bond donors (Lipinski definition) is 1. The zero-order valence-corrected chi connectivity index (χ0v) is 10.9. The van der Waals surface area contributed by atoms with Crippen molar-refractivity contribution in [3.63, 3.8) is 0 Å². The lowest BCUT2D eigenvalue weighted by Gasteiger charge is -2.43. The Bertz CT molecular complexity index is 185. The average Bonchev–Trinajstić information content (AvgIpc) is 3.03. The van der Waals surface area contributed by atoms with E-state index in [4.69, 9.17) is 5.73 Å². The van der Waals surface area contributed by atoms with E-state index in [9.17, 15) is 0 Å². The Kier molecular flexibility index (Phi) is 4.60. The molecule has 1 saturated carbocycles. The number of hydrogen-bond acceptors (Lipinski definition) is 2. The number of rotatable bonds is 7. The van der Waals surface area contributed by atoms with Crippen LogP contribution >= 0.6 is 0 Å². The Morgan fingerprint density at radius 2 is 1.87 bits per heavy atom. The highest BCUT2D eigenvalue weighted by Crippen LogP contribution is 2.39. The van der Waals surface area contributed by atoms with Crippen LogP contribution in [0.1, 0.15) is 52.9 Å². The summed E-state index contributed by atoms with van der Waals surface area (Å²) < 4.78 is 0. The molecule has 1 aliphatic carbocycles. The van der Waals surface area contributed by atoms with Crippen molar-refractivity contribution in [3.05, 3.63) is 0 Å². The highest BCUT2D eigenvalue weighted by atomic mass is 15.2. The van der Waals surface area contributed by atoms with Gasteiger partial charge in [0.2, 0.25) is 0 Å². The first kappa shape index (κ1) is 13.0. The highest BCUT2D eigenvalue weighted by molar-refractivity contribution is 4.93. The third kappa shape index (κ3) is 3.18. The molecule has 15 heavy (non-hydrogen) atoms. The van der Waals surface area contributed by atoms with Crippen molar-refractivity contribution in [2.24, 2.45) is 11.7 Å². The Morgan fingerprint density at radius 3 is 2.20 bits per heavy atom. The van der Waals surface area contributed by atoms with E-state index in [1.54, 1.807) is 0 Å². The van der Waals surface area contributed by atoms with Crippen molar-refractivity contribution in [1.29, 1.82) is 0 Å². The van der Waals surface area contributed by atoms with E-state index in [0.717, 1.165) is 12.5 Å². The predicted molar refractivity (Wildman–Crippen MR) is 66.9 cm³/mol. The maximum absolute atomic E-state index is 5.99. The van der Waals surface area contributed by atoms with Crippen LogP contribution in [-0.4, -0.2) is 30.1 Å². The van der Waals surface area contributed by atoms with E-state index < -0.39 is 0 Å². The summed E-state index contributed by atoms with van der Waals surface area (Å²) >= 11 is 0. The molecule has 0 heterocycles. The molecule has 0 aliphatic heterocycles. The molecule has 1 aliphatic rings. The lowest BCUT2D eigenvalue weighted by atomic mass is 9.90. The van der Waals surface area contributed by atoms with Crippen LogP contribution in [0.3, 0.4) is 0 Å². The molecular formula is C13H28N2. The Balaban J connectivity index is 2.60. The van der Waals surface area contributed by atoms with Crippen LogP contribution < -0.4 is 5.73 Å². The molecule has 0 saturated heterocycles. The Labute approximate surface area is 95.2 Å². The van der Waals surface area contributed by atoms with Crippen LogP contribution in [0.25, 0.3) is 0 Å². The van der Waals surface area contributed by atoms with Gasteiger partial charge in [-0.25, -0.2) is 0 Å². The summed E-state index contributed by atoms with van der Waals surface area (Å²) in [5, 5.41) is 0. The number of nitrogens with zero attached hydrogens (tertiary/aromatic N) is 1. The van der Waals surface area contributed by atoms with Crippen molar-refractivity contribution in [1.82, 2.24) is 4.90 Å². The second kappa shape index (κ2) is 5.31. The summed E-state index contributed by atoms with van der Waals surface area (Å²) in [6, 6.07) is 0.692. The molecule has 2 N–H and O–H groups in total. The highest BCUT2D eigenvalue weighted by Gasteiger charge is 2.37. The molecular weight excluding hydrogens is 184 g/mol. The molecule has 90 valence electrons. The summed E-state index contributed by atoms with van der Waals surface area (Å²) in [6.07, 6.45) is 6.59. The molecule has 1 rings (SSSR count). The number of nitrogens with two attached hydrogens (primary N) is 1.